The molecule has 0 bridgehead atoms. The second kappa shape index (κ2) is 43.3. The van der Waals surface area contributed by atoms with Crippen molar-refractivity contribution in [3.63, 3.8) is 0 Å². The summed E-state index contributed by atoms with van der Waals surface area (Å²) in [5, 5.41) is 9.52. The van der Waals surface area contributed by atoms with Gasteiger partial charge in [0.25, 0.3) is 0 Å². The second-order valence-electron chi connectivity index (χ2n) is 15.9. The number of ether oxygens (including phenoxy) is 2. The van der Waals surface area contributed by atoms with E-state index in [-0.39, 0.29) is 25.2 Å². The topological polar surface area (TPSA) is 72.8 Å². The van der Waals surface area contributed by atoms with Crippen LogP contribution in [0, 0.1) is 0 Å². The minimum Gasteiger partial charge on any atom is -0.462 e. The quantitative estimate of drug-likeness (QED) is 0.0501. The Balaban J connectivity index is 3.33. The van der Waals surface area contributed by atoms with Gasteiger partial charge in [0.1, 0.15) is 6.61 Å². The van der Waals surface area contributed by atoms with E-state index in [2.05, 4.69) is 13.8 Å². The second-order valence-corrected chi connectivity index (χ2v) is 15.9. The highest BCUT2D eigenvalue weighted by Crippen LogP contribution is 2.17. The van der Waals surface area contributed by atoms with Gasteiger partial charge in [0.2, 0.25) is 0 Å². The highest BCUT2D eigenvalue weighted by Gasteiger charge is 2.16. The molecule has 51 heavy (non-hydrogen) atoms. The maximum absolute atomic E-state index is 12.2. The number of hydrogen-bond acceptors (Lipinski definition) is 5. The molecule has 0 aromatic carbocycles. The molecule has 0 saturated heterocycles. The van der Waals surface area contributed by atoms with E-state index in [9.17, 15) is 14.7 Å². The highest BCUT2D eigenvalue weighted by molar-refractivity contribution is 5.70. The molecular weight excluding hydrogens is 633 g/mol. The van der Waals surface area contributed by atoms with Crippen molar-refractivity contribution in [1.82, 2.24) is 0 Å². The minimum atomic E-state index is -0.760. The van der Waals surface area contributed by atoms with E-state index in [1.807, 2.05) is 0 Å². The van der Waals surface area contributed by atoms with Gasteiger partial charge in [-0.3, -0.25) is 9.59 Å². The van der Waals surface area contributed by atoms with E-state index >= 15 is 0 Å². The normalized spacial score (nSPS) is 12.0. The number of unbranched alkanes of at least 4 members (excludes halogenated alkanes) is 35. The van der Waals surface area contributed by atoms with Crippen LogP contribution >= 0.6 is 0 Å². The van der Waals surface area contributed by atoms with Crippen LogP contribution in [0.1, 0.15) is 264 Å². The molecule has 5 nitrogen and oxygen atoms in total. The Hall–Kier alpha value is -1.10. The predicted molar refractivity (Wildman–Crippen MR) is 219 cm³/mol. The molecule has 0 amide bonds. The monoisotopic (exact) mass is 723 g/mol. The molecule has 0 saturated carbocycles. The van der Waals surface area contributed by atoms with Crippen LogP contribution in [0.3, 0.4) is 0 Å². The number of rotatable bonds is 43. The lowest BCUT2D eigenvalue weighted by molar-refractivity contribution is -0.161. The number of carbonyl (C=O) groups excluding carboxylic acids is 2. The predicted octanol–water partition coefficient (Wildman–Crippen LogP) is 14.7. The Morgan fingerprint density at radius 3 is 0.863 bits per heavy atom. The number of esters is 2. The number of carbonyl (C=O) groups is 2. The van der Waals surface area contributed by atoms with Crippen molar-refractivity contribution in [3.8, 4) is 0 Å². The highest BCUT2D eigenvalue weighted by atomic mass is 16.6. The minimum absolute atomic E-state index is 0.0583. The molecule has 0 aliphatic rings. The number of hydrogen-bond donors (Lipinski definition) is 1. The molecule has 304 valence electrons. The van der Waals surface area contributed by atoms with Gasteiger partial charge < -0.3 is 14.6 Å². The fourth-order valence-electron chi connectivity index (χ4n) is 7.15. The lowest BCUT2D eigenvalue weighted by atomic mass is 10.0. The third-order valence-corrected chi connectivity index (χ3v) is 10.7. The summed E-state index contributed by atoms with van der Waals surface area (Å²) in [6.07, 6.45) is 49.4. The maximum atomic E-state index is 12.2. The van der Waals surface area contributed by atoms with Crippen molar-refractivity contribution in [1.29, 1.82) is 0 Å². The van der Waals surface area contributed by atoms with Crippen LogP contribution in [0.15, 0.2) is 0 Å². The first-order valence-electron chi connectivity index (χ1n) is 23.1. The molecule has 0 aliphatic carbocycles. The molecule has 0 radical (unpaired) electrons. The largest absolute Gasteiger partial charge is 0.462 e. The van der Waals surface area contributed by atoms with Crippen molar-refractivity contribution in [3.05, 3.63) is 0 Å². The van der Waals surface area contributed by atoms with Crippen LogP contribution in [-0.4, -0.2) is 36.4 Å². The summed E-state index contributed by atoms with van der Waals surface area (Å²) >= 11 is 0. The van der Waals surface area contributed by atoms with Crippen molar-refractivity contribution in [2.45, 2.75) is 270 Å². The zero-order valence-electron chi connectivity index (χ0n) is 34.6. The molecule has 0 spiro atoms. The van der Waals surface area contributed by atoms with Gasteiger partial charge in [-0.1, -0.05) is 239 Å². The number of aliphatic hydroxyl groups is 1. The molecule has 0 aliphatic heterocycles. The first-order chi connectivity index (χ1) is 25.1. The third-order valence-electron chi connectivity index (χ3n) is 10.7. The fraction of sp³-hybridized carbons (Fsp3) is 0.957. The summed E-state index contributed by atoms with van der Waals surface area (Å²) in [4.78, 5) is 24.1. The van der Waals surface area contributed by atoms with Crippen molar-refractivity contribution in [2.24, 2.45) is 0 Å². The molecule has 5 heteroatoms. The average Bonchev–Trinajstić information content (AvgIpc) is 3.13. The van der Waals surface area contributed by atoms with Gasteiger partial charge in [0.05, 0.1) is 6.61 Å². The van der Waals surface area contributed by atoms with Gasteiger partial charge in [-0.15, -0.1) is 0 Å². The van der Waals surface area contributed by atoms with Crippen molar-refractivity contribution in [2.75, 3.05) is 13.2 Å². The lowest BCUT2D eigenvalue weighted by Gasteiger charge is -2.15. The van der Waals surface area contributed by atoms with E-state index in [0.717, 1.165) is 38.5 Å². The van der Waals surface area contributed by atoms with Gasteiger partial charge >= 0.3 is 11.9 Å². The SMILES string of the molecule is CCCCCCCCCCCCCCCCCCCCCCCCCCCCCCCCC(=O)OC(CO)COC(=O)CCCCCCCCC. The zero-order valence-corrected chi connectivity index (χ0v) is 34.6. The average molecular weight is 723 g/mol. The summed E-state index contributed by atoms with van der Waals surface area (Å²) in [5.41, 5.74) is 0. The molecule has 0 aromatic rings. The maximum Gasteiger partial charge on any atom is 0.306 e. The standard InChI is InChI=1S/C46H90O5/c1-3-5-7-9-11-12-13-14-15-16-17-18-19-20-21-22-23-24-25-26-27-28-29-30-31-32-33-35-37-39-41-46(49)51-44(42-47)43-50-45(48)40-38-36-34-10-8-6-4-2/h44,47H,3-43H2,1-2H3. The Labute approximate surface area is 319 Å². The van der Waals surface area contributed by atoms with Gasteiger partial charge in [0, 0.05) is 12.8 Å². The van der Waals surface area contributed by atoms with Crippen LogP contribution in [-0.2, 0) is 19.1 Å². The Bertz CT molecular complexity index is 695. The molecule has 0 heterocycles. The van der Waals surface area contributed by atoms with Crippen LogP contribution in [0.4, 0.5) is 0 Å². The summed E-state index contributed by atoms with van der Waals surface area (Å²) < 4.78 is 10.6. The van der Waals surface area contributed by atoms with Crippen LogP contribution in [0.5, 0.6) is 0 Å². The fourth-order valence-corrected chi connectivity index (χ4v) is 7.15. The lowest BCUT2D eigenvalue weighted by Crippen LogP contribution is -2.28. The first-order valence-corrected chi connectivity index (χ1v) is 23.1. The molecular formula is C46H90O5. The van der Waals surface area contributed by atoms with Gasteiger partial charge in [0.15, 0.2) is 6.10 Å². The molecule has 0 fully saturated rings. The molecule has 0 aromatic heterocycles. The van der Waals surface area contributed by atoms with E-state index in [0.29, 0.717) is 12.8 Å². The Morgan fingerprint density at radius 1 is 0.373 bits per heavy atom. The zero-order chi connectivity index (χ0) is 37.1. The molecule has 0 rings (SSSR count). The molecule has 1 atom stereocenters. The van der Waals surface area contributed by atoms with Crippen LogP contribution in [0.25, 0.3) is 0 Å². The van der Waals surface area contributed by atoms with Crippen LogP contribution in [0.2, 0.25) is 0 Å². The van der Waals surface area contributed by atoms with E-state index < -0.39 is 6.10 Å². The molecule has 1 N–H and O–H groups in total. The summed E-state index contributed by atoms with van der Waals surface area (Å²) in [6, 6.07) is 0. The first kappa shape index (κ1) is 49.9. The van der Waals surface area contributed by atoms with Gasteiger partial charge in [-0.2, -0.15) is 0 Å². The van der Waals surface area contributed by atoms with Crippen LogP contribution < -0.4 is 0 Å². The summed E-state index contributed by atoms with van der Waals surface area (Å²) in [7, 11) is 0. The van der Waals surface area contributed by atoms with Gasteiger partial charge in [-0.25, -0.2) is 0 Å². The smallest absolute Gasteiger partial charge is 0.306 e. The Kier molecular flexibility index (Phi) is 42.4. The number of aliphatic hydroxyl groups excluding tert-OH is 1. The third kappa shape index (κ3) is 41.5. The summed E-state index contributed by atoms with van der Waals surface area (Å²) in [6.45, 7) is 4.12. The van der Waals surface area contributed by atoms with Crippen molar-refractivity contribution < 1.29 is 24.2 Å². The molecule has 1 unspecified atom stereocenters. The van der Waals surface area contributed by atoms with Gasteiger partial charge in [-0.05, 0) is 12.8 Å². The van der Waals surface area contributed by atoms with E-state index in [1.165, 1.54) is 199 Å². The summed E-state index contributed by atoms with van der Waals surface area (Å²) in [5.74, 6) is -0.582. The van der Waals surface area contributed by atoms with Crippen molar-refractivity contribution >= 4 is 11.9 Å². The Morgan fingerprint density at radius 2 is 0.608 bits per heavy atom. The van der Waals surface area contributed by atoms with E-state index in [1.54, 1.807) is 0 Å². The van der Waals surface area contributed by atoms with E-state index in [4.69, 9.17) is 9.47 Å².